The van der Waals surface area contributed by atoms with Gasteiger partial charge in [0.25, 0.3) is 0 Å². The van der Waals surface area contributed by atoms with Crippen molar-refractivity contribution in [1.82, 2.24) is 0 Å². The first-order chi connectivity index (χ1) is 12.2. The van der Waals surface area contributed by atoms with Gasteiger partial charge in [0.05, 0.1) is 24.2 Å². The van der Waals surface area contributed by atoms with E-state index in [0.717, 1.165) is 11.1 Å². The number of thiophene rings is 1. The summed E-state index contributed by atoms with van der Waals surface area (Å²) in [6.45, 7) is 1.93. The van der Waals surface area contributed by atoms with Crippen molar-refractivity contribution in [2.24, 2.45) is 5.73 Å². The molecule has 5 nitrogen and oxygen atoms in total. The summed E-state index contributed by atoms with van der Waals surface area (Å²) in [6, 6.07) is 13.3. The zero-order valence-corrected chi connectivity index (χ0v) is 14.4. The summed E-state index contributed by atoms with van der Waals surface area (Å²) in [7, 11) is 0. The molecule has 1 aromatic carbocycles. The molecule has 0 amide bonds. The van der Waals surface area contributed by atoms with Crippen LogP contribution in [0, 0.1) is 11.3 Å². The van der Waals surface area contributed by atoms with E-state index in [1.54, 1.807) is 6.92 Å². The number of nitrogens with zero attached hydrogens (tertiary/aromatic N) is 1. The van der Waals surface area contributed by atoms with Gasteiger partial charge in [-0.3, -0.25) is 0 Å². The molecule has 0 spiro atoms. The number of esters is 1. The number of nitriles is 1. The predicted octanol–water partition coefficient (Wildman–Crippen LogP) is 3.53. The van der Waals surface area contributed by atoms with E-state index in [1.807, 2.05) is 47.2 Å². The largest absolute Gasteiger partial charge is 0.462 e. The maximum absolute atomic E-state index is 12.5. The van der Waals surface area contributed by atoms with Crippen LogP contribution >= 0.6 is 11.3 Å². The molecule has 2 aromatic rings. The van der Waals surface area contributed by atoms with Crippen LogP contribution in [-0.4, -0.2) is 12.6 Å². The first-order valence-electron chi connectivity index (χ1n) is 7.73. The Bertz CT molecular complexity index is 877. The number of carbonyl (C=O) groups excluding carboxylic acids is 1. The van der Waals surface area contributed by atoms with Crippen LogP contribution < -0.4 is 5.73 Å². The number of rotatable bonds is 4. The average molecular weight is 352 g/mol. The van der Waals surface area contributed by atoms with Gasteiger partial charge in [-0.1, -0.05) is 30.3 Å². The van der Waals surface area contributed by atoms with Gasteiger partial charge in [0.15, 0.2) is 5.76 Å². The molecule has 25 heavy (non-hydrogen) atoms. The topological polar surface area (TPSA) is 85.3 Å². The van der Waals surface area contributed by atoms with Crippen molar-refractivity contribution in [3.8, 4) is 6.07 Å². The quantitative estimate of drug-likeness (QED) is 0.851. The Kier molecular flexibility index (Phi) is 4.87. The van der Waals surface area contributed by atoms with Crippen LogP contribution in [0.25, 0.3) is 5.76 Å². The fourth-order valence-electron chi connectivity index (χ4n) is 2.76. The number of allylic oxidation sites excluding steroid dienone is 1. The molecule has 0 saturated heterocycles. The molecule has 6 heteroatoms. The minimum atomic E-state index is -0.612. The zero-order valence-electron chi connectivity index (χ0n) is 13.6. The molecule has 1 aliphatic heterocycles. The molecule has 1 aliphatic rings. The summed E-state index contributed by atoms with van der Waals surface area (Å²) in [5.74, 6) is -0.854. The first kappa shape index (κ1) is 16.8. The Morgan fingerprint density at radius 2 is 2.12 bits per heavy atom. The highest BCUT2D eigenvalue weighted by atomic mass is 32.1. The van der Waals surface area contributed by atoms with E-state index in [9.17, 15) is 10.1 Å². The van der Waals surface area contributed by atoms with Crippen LogP contribution in [-0.2, 0) is 14.3 Å². The molecule has 0 radical (unpaired) electrons. The van der Waals surface area contributed by atoms with Gasteiger partial charge >= 0.3 is 5.97 Å². The number of hydrogen-bond acceptors (Lipinski definition) is 6. The molecule has 0 aliphatic carbocycles. The van der Waals surface area contributed by atoms with Gasteiger partial charge < -0.3 is 15.2 Å². The molecule has 126 valence electrons. The summed E-state index contributed by atoms with van der Waals surface area (Å²) in [4.78, 5) is 12.5. The van der Waals surface area contributed by atoms with E-state index >= 15 is 0 Å². The van der Waals surface area contributed by atoms with Gasteiger partial charge in [-0.05, 0) is 29.3 Å². The van der Waals surface area contributed by atoms with Gasteiger partial charge in [0, 0.05) is 5.56 Å². The predicted molar refractivity (Wildman–Crippen MR) is 95.0 cm³/mol. The summed E-state index contributed by atoms with van der Waals surface area (Å²) in [5, 5.41) is 13.6. The average Bonchev–Trinajstić information content (AvgIpc) is 3.16. The molecular weight excluding hydrogens is 336 g/mol. The lowest BCUT2D eigenvalue weighted by atomic mass is 9.83. The lowest BCUT2D eigenvalue weighted by Crippen LogP contribution is -2.26. The van der Waals surface area contributed by atoms with Crippen LogP contribution in [0.3, 0.4) is 0 Å². The number of ether oxygens (including phenoxy) is 2. The van der Waals surface area contributed by atoms with Gasteiger partial charge in [-0.25, -0.2) is 4.79 Å². The van der Waals surface area contributed by atoms with Crippen molar-refractivity contribution < 1.29 is 14.3 Å². The van der Waals surface area contributed by atoms with Crippen LogP contribution in [0.1, 0.15) is 24.0 Å². The van der Waals surface area contributed by atoms with E-state index in [-0.39, 0.29) is 18.1 Å². The van der Waals surface area contributed by atoms with Gasteiger partial charge in [-0.2, -0.15) is 16.6 Å². The van der Waals surface area contributed by atoms with Crippen molar-refractivity contribution in [1.29, 1.82) is 5.26 Å². The molecule has 0 fully saturated rings. The van der Waals surface area contributed by atoms with E-state index in [4.69, 9.17) is 15.2 Å². The van der Waals surface area contributed by atoms with E-state index in [0.29, 0.717) is 11.3 Å². The highest BCUT2D eigenvalue weighted by molar-refractivity contribution is 7.08. The maximum atomic E-state index is 12.5. The summed E-state index contributed by atoms with van der Waals surface area (Å²) in [5.41, 5.74) is 8.10. The highest BCUT2D eigenvalue weighted by Gasteiger charge is 2.38. The van der Waals surface area contributed by atoms with Gasteiger partial charge in [-0.15, -0.1) is 0 Å². The minimum Gasteiger partial charge on any atom is -0.462 e. The fraction of sp³-hybridized carbons (Fsp3) is 0.158. The Hall–Kier alpha value is -3.04. The Morgan fingerprint density at radius 3 is 2.72 bits per heavy atom. The Balaban J connectivity index is 2.19. The van der Waals surface area contributed by atoms with Crippen LogP contribution in [0.15, 0.2) is 64.2 Å². The van der Waals surface area contributed by atoms with E-state index in [1.165, 1.54) is 11.3 Å². The van der Waals surface area contributed by atoms with E-state index < -0.39 is 11.9 Å². The molecule has 3 rings (SSSR count). The van der Waals surface area contributed by atoms with Crippen molar-refractivity contribution >= 4 is 23.1 Å². The molecule has 0 saturated carbocycles. The Morgan fingerprint density at radius 1 is 1.36 bits per heavy atom. The maximum Gasteiger partial charge on any atom is 0.340 e. The summed E-state index contributed by atoms with van der Waals surface area (Å²) >= 11 is 1.48. The molecule has 2 heterocycles. The second kappa shape index (κ2) is 7.24. The van der Waals surface area contributed by atoms with Gasteiger partial charge in [0.2, 0.25) is 5.88 Å². The second-order valence-electron chi connectivity index (χ2n) is 5.31. The fourth-order valence-corrected chi connectivity index (χ4v) is 3.44. The zero-order chi connectivity index (χ0) is 17.8. The third kappa shape index (κ3) is 3.14. The molecular formula is C19H16N2O3S. The number of nitrogens with two attached hydrogens (primary N) is 1. The third-order valence-electron chi connectivity index (χ3n) is 3.83. The number of benzene rings is 1. The van der Waals surface area contributed by atoms with Crippen molar-refractivity contribution in [2.75, 3.05) is 6.61 Å². The lowest BCUT2D eigenvalue weighted by molar-refractivity contribution is -0.139. The lowest BCUT2D eigenvalue weighted by Gasteiger charge is -2.27. The molecule has 1 atom stereocenters. The standard InChI is InChI=1S/C19H16N2O3S/c1-2-23-19(22)16-15(13-8-9-25-11-13)14(10-20)17(24-18(16)21)12-6-4-3-5-7-12/h3-9,11,15H,2,21H2,1H3/t15-/m0/s1. The van der Waals surface area contributed by atoms with Crippen molar-refractivity contribution in [3.05, 3.63) is 75.3 Å². The SMILES string of the molecule is CCOC(=O)C1=C(N)OC(c2ccccc2)=C(C#N)[C@@H]1c1ccsc1. The number of hydrogen-bond donors (Lipinski definition) is 1. The molecule has 0 bridgehead atoms. The monoisotopic (exact) mass is 352 g/mol. The molecule has 2 N–H and O–H groups in total. The second-order valence-corrected chi connectivity index (χ2v) is 6.09. The van der Waals surface area contributed by atoms with E-state index in [2.05, 4.69) is 6.07 Å². The van der Waals surface area contributed by atoms with Crippen molar-refractivity contribution in [3.63, 3.8) is 0 Å². The summed E-state index contributed by atoms with van der Waals surface area (Å²) < 4.78 is 10.8. The number of carbonyl (C=O) groups is 1. The third-order valence-corrected chi connectivity index (χ3v) is 4.53. The van der Waals surface area contributed by atoms with Gasteiger partial charge in [0.1, 0.15) is 5.57 Å². The van der Waals surface area contributed by atoms with Crippen molar-refractivity contribution in [2.45, 2.75) is 12.8 Å². The normalized spacial score (nSPS) is 17.0. The first-order valence-corrected chi connectivity index (χ1v) is 8.68. The Labute approximate surface area is 149 Å². The highest BCUT2D eigenvalue weighted by Crippen LogP contribution is 2.43. The molecule has 1 aromatic heterocycles. The van der Waals surface area contributed by atoms with Crippen LogP contribution in [0.2, 0.25) is 0 Å². The summed E-state index contributed by atoms with van der Waals surface area (Å²) in [6.07, 6.45) is 0. The minimum absolute atomic E-state index is 0.0347. The molecule has 0 unspecified atom stereocenters. The van der Waals surface area contributed by atoms with Crippen LogP contribution in [0.4, 0.5) is 0 Å². The van der Waals surface area contributed by atoms with Crippen LogP contribution in [0.5, 0.6) is 0 Å². The smallest absolute Gasteiger partial charge is 0.340 e.